The molecule has 4 rings (SSSR count). The number of amides is 1. The number of nitrogens with zero attached hydrogens (tertiary/aromatic N) is 2. The second-order valence-electron chi connectivity index (χ2n) is 6.01. The molecule has 0 aliphatic carbocycles. The van der Waals surface area contributed by atoms with E-state index in [1.54, 1.807) is 12.0 Å². The van der Waals surface area contributed by atoms with Gasteiger partial charge >= 0.3 is 0 Å². The van der Waals surface area contributed by atoms with Gasteiger partial charge < -0.3 is 14.6 Å². The van der Waals surface area contributed by atoms with E-state index >= 15 is 0 Å². The SMILES string of the molecule is COc1ccc(N2C(=O)c3ccccc3N[C@@H]2c2cccn2C)cc1. The summed E-state index contributed by atoms with van der Waals surface area (Å²) in [7, 11) is 3.61. The molecule has 0 saturated heterocycles. The number of carbonyl (C=O) groups is 1. The van der Waals surface area contributed by atoms with Gasteiger partial charge in [0.25, 0.3) is 5.91 Å². The lowest BCUT2D eigenvalue weighted by molar-refractivity contribution is 0.0974. The Balaban J connectivity index is 1.84. The first-order chi connectivity index (χ1) is 12.2. The number of nitrogens with one attached hydrogen (secondary N) is 1. The van der Waals surface area contributed by atoms with Crippen LogP contribution >= 0.6 is 0 Å². The van der Waals surface area contributed by atoms with Crippen molar-refractivity contribution in [3.05, 3.63) is 78.1 Å². The summed E-state index contributed by atoms with van der Waals surface area (Å²) >= 11 is 0. The fraction of sp³-hybridized carbons (Fsp3) is 0.150. The minimum absolute atomic E-state index is 0.0225. The van der Waals surface area contributed by atoms with Crippen molar-refractivity contribution in [2.75, 3.05) is 17.3 Å². The number of carbonyl (C=O) groups excluding carboxylic acids is 1. The Bertz CT molecular complexity index is 915. The average Bonchev–Trinajstić information content (AvgIpc) is 3.08. The Morgan fingerprint density at radius 1 is 1.00 bits per heavy atom. The van der Waals surface area contributed by atoms with E-state index in [4.69, 9.17) is 4.74 Å². The zero-order valence-electron chi connectivity index (χ0n) is 14.1. The van der Waals surface area contributed by atoms with Crippen molar-refractivity contribution in [1.29, 1.82) is 0 Å². The highest BCUT2D eigenvalue weighted by molar-refractivity contribution is 6.12. The Morgan fingerprint density at radius 2 is 1.76 bits per heavy atom. The Kier molecular flexibility index (Phi) is 3.69. The monoisotopic (exact) mass is 333 g/mol. The topological polar surface area (TPSA) is 46.5 Å². The molecule has 1 amide bonds. The molecule has 1 aliphatic rings. The van der Waals surface area contributed by atoms with Crippen molar-refractivity contribution in [1.82, 2.24) is 4.57 Å². The van der Waals surface area contributed by atoms with Crippen molar-refractivity contribution in [2.24, 2.45) is 7.05 Å². The van der Waals surface area contributed by atoms with Crippen LogP contribution in [-0.2, 0) is 7.05 Å². The fourth-order valence-corrected chi connectivity index (χ4v) is 3.23. The van der Waals surface area contributed by atoms with E-state index in [9.17, 15) is 4.79 Å². The molecule has 0 spiro atoms. The summed E-state index contributed by atoms with van der Waals surface area (Å²) in [4.78, 5) is 15.0. The second kappa shape index (κ2) is 6.02. The summed E-state index contributed by atoms with van der Waals surface area (Å²) in [5, 5.41) is 3.50. The fourth-order valence-electron chi connectivity index (χ4n) is 3.23. The van der Waals surface area contributed by atoms with Crippen LogP contribution in [0.2, 0.25) is 0 Å². The Hall–Kier alpha value is -3.21. The molecule has 5 nitrogen and oxygen atoms in total. The largest absolute Gasteiger partial charge is 0.497 e. The molecule has 0 fully saturated rings. The van der Waals surface area contributed by atoms with Crippen LogP contribution < -0.4 is 15.0 Å². The zero-order valence-corrected chi connectivity index (χ0v) is 14.1. The summed E-state index contributed by atoms with van der Waals surface area (Å²) in [6.45, 7) is 0. The predicted octanol–water partition coefficient (Wildman–Crippen LogP) is 3.80. The van der Waals surface area contributed by atoms with Crippen LogP contribution in [0.4, 0.5) is 11.4 Å². The molecule has 3 aromatic rings. The Morgan fingerprint density at radius 3 is 2.44 bits per heavy atom. The van der Waals surface area contributed by atoms with Gasteiger partial charge in [0.2, 0.25) is 0 Å². The third kappa shape index (κ3) is 2.54. The number of benzene rings is 2. The van der Waals surface area contributed by atoms with Crippen molar-refractivity contribution in [3.63, 3.8) is 0 Å². The second-order valence-corrected chi connectivity index (χ2v) is 6.01. The molecule has 0 unspecified atom stereocenters. The molecule has 25 heavy (non-hydrogen) atoms. The van der Waals surface area contributed by atoms with Gasteiger partial charge in [0.05, 0.1) is 18.4 Å². The number of hydrogen-bond acceptors (Lipinski definition) is 3. The van der Waals surface area contributed by atoms with Crippen LogP contribution in [-0.4, -0.2) is 17.6 Å². The number of aromatic nitrogens is 1. The summed E-state index contributed by atoms with van der Waals surface area (Å²) in [5.74, 6) is 0.739. The van der Waals surface area contributed by atoms with Crippen molar-refractivity contribution < 1.29 is 9.53 Å². The number of rotatable bonds is 3. The molecule has 1 N–H and O–H groups in total. The highest BCUT2D eigenvalue weighted by Gasteiger charge is 2.34. The molecular weight excluding hydrogens is 314 g/mol. The van der Waals surface area contributed by atoms with Crippen molar-refractivity contribution in [2.45, 2.75) is 6.17 Å². The van der Waals surface area contributed by atoms with Gasteiger partial charge in [-0.2, -0.15) is 0 Å². The van der Waals surface area contributed by atoms with E-state index in [2.05, 4.69) is 5.32 Å². The zero-order chi connectivity index (χ0) is 17.4. The number of aryl methyl sites for hydroxylation is 1. The minimum Gasteiger partial charge on any atom is -0.497 e. The first kappa shape index (κ1) is 15.3. The lowest BCUT2D eigenvalue weighted by Gasteiger charge is -2.38. The summed E-state index contributed by atoms with van der Waals surface area (Å²) in [6, 6.07) is 19.2. The molecule has 0 saturated carbocycles. The quantitative estimate of drug-likeness (QED) is 0.793. The molecule has 1 aromatic heterocycles. The van der Waals surface area contributed by atoms with Crippen molar-refractivity contribution >= 4 is 17.3 Å². The van der Waals surface area contributed by atoms with Gasteiger partial charge in [-0.05, 0) is 48.5 Å². The highest BCUT2D eigenvalue weighted by Crippen LogP contribution is 2.37. The number of hydrogen-bond donors (Lipinski definition) is 1. The average molecular weight is 333 g/mol. The normalized spacial score (nSPS) is 16.3. The van der Waals surface area contributed by atoms with Crippen LogP contribution in [0.5, 0.6) is 5.75 Å². The number of ether oxygens (including phenoxy) is 1. The van der Waals surface area contributed by atoms with Gasteiger partial charge in [0.15, 0.2) is 0 Å². The maximum absolute atomic E-state index is 13.2. The maximum atomic E-state index is 13.2. The van der Waals surface area contributed by atoms with E-state index < -0.39 is 0 Å². The molecule has 126 valence electrons. The predicted molar refractivity (Wildman–Crippen MR) is 98.0 cm³/mol. The molecule has 2 aromatic carbocycles. The smallest absolute Gasteiger partial charge is 0.262 e. The van der Waals surface area contributed by atoms with E-state index in [1.165, 1.54) is 0 Å². The highest BCUT2D eigenvalue weighted by atomic mass is 16.5. The molecule has 1 atom stereocenters. The van der Waals surface area contributed by atoms with Gasteiger partial charge in [0.1, 0.15) is 11.9 Å². The lowest BCUT2D eigenvalue weighted by Crippen LogP contribution is -2.43. The number of fused-ring (bicyclic) bond motifs is 1. The molecule has 5 heteroatoms. The van der Waals surface area contributed by atoms with Crippen LogP contribution in [0, 0.1) is 0 Å². The maximum Gasteiger partial charge on any atom is 0.262 e. The van der Waals surface area contributed by atoms with Gasteiger partial charge in [0, 0.05) is 24.6 Å². The first-order valence-corrected chi connectivity index (χ1v) is 8.13. The van der Waals surface area contributed by atoms with E-state index in [-0.39, 0.29) is 12.1 Å². The van der Waals surface area contributed by atoms with Gasteiger partial charge in [-0.3, -0.25) is 9.69 Å². The van der Waals surface area contributed by atoms with Crippen LogP contribution in [0.15, 0.2) is 66.9 Å². The molecular formula is C20H19N3O2. The van der Waals surface area contributed by atoms with E-state index in [0.29, 0.717) is 5.56 Å². The van der Waals surface area contributed by atoms with E-state index in [0.717, 1.165) is 22.8 Å². The standard InChI is InChI=1S/C20H19N3O2/c1-22-13-5-8-18(22)19-21-17-7-4-3-6-16(17)20(24)23(19)14-9-11-15(25-2)12-10-14/h3-13,19,21H,1-2H3/t19-/m0/s1. The molecule has 0 radical (unpaired) electrons. The third-order valence-corrected chi connectivity index (χ3v) is 4.54. The lowest BCUT2D eigenvalue weighted by atomic mass is 10.0. The van der Waals surface area contributed by atoms with Crippen LogP contribution in [0.3, 0.4) is 0 Å². The first-order valence-electron chi connectivity index (χ1n) is 8.13. The summed E-state index contributed by atoms with van der Waals surface area (Å²) in [6.07, 6.45) is 1.70. The van der Waals surface area contributed by atoms with Crippen LogP contribution in [0.25, 0.3) is 0 Å². The Labute approximate surface area is 146 Å². The summed E-state index contributed by atoms with van der Waals surface area (Å²) < 4.78 is 7.26. The minimum atomic E-state index is -0.282. The molecule has 2 heterocycles. The number of para-hydroxylation sites is 1. The molecule has 1 aliphatic heterocycles. The van der Waals surface area contributed by atoms with E-state index in [1.807, 2.05) is 78.5 Å². The van der Waals surface area contributed by atoms with Crippen molar-refractivity contribution in [3.8, 4) is 5.75 Å². The summed E-state index contributed by atoms with van der Waals surface area (Å²) in [5.41, 5.74) is 3.35. The van der Waals surface area contributed by atoms with Crippen LogP contribution in [0.1, 0.15) is 22.2 Å². The molecule has 0 bridgehead atoms. The van der Waals surface area contributed by atoms with Gasteiger partial charge in [-0.15, -0.1) is 0 Å². The van der Waals surface area contributed by atoms with Gasteiger partial charge in [-0.1, -0.05) is 12.1 Å². The third-order valence-electron chi connectivity index (χ3n) is 4.54. The number of anilines is 2. The van der Waals surface area contributed by atoms with Gasteiger partial charge in [-0.25, -0.2) is 0 Å². The number of methoxy groups -OCH3 is 1.